The quantitative estimate of drug-likeness (QED) is 0.841. The van der Waals surface area contributed by atoms with Crippen molar-refractivity contribution in [3.63, 3.8) is 0 Å². The Balaban J connectivity index is 1.77. The minimum Gasteiger partial charge on any atom is -0.359 e. The van der Waals surface area contributed by atoms with Crippen molar-refractivity contribution in [1.82, 2.24) is 14.5 Å². The molecule has 2 aromatic rings. The summed E-state index contributed by atoms with van der Waals surface area (Å²) in [4.78, 5) is 6.79. The molecule has 4 heteroatoms. The van der Waals surface area contributed by atoms with Crippen molar-refractivity contribution >= 4 is 5.95 Å². The second kappa shape index (κ2) is 7.10. The van der Waals surface area contributed by atoms with Gasteiger partial charge in [-0.15, -0.1) is 0 Å². The van der Waals surface area contributed by atoms with Gasteiger partial charge in [0, 0.05) is 26.3 Å². The van der Waals surface area contributed by atoms with Gasteiger partial charge in [0.2, 0.25) is 5.95 Å². The summed E-state index contributed by atoms with van der Waals surface area (Å²) in [7, 11) is 4.09. The first-order valence-electron chi connectivity index (χ1n) is 7.13. The molecule has 1 N–H and O–H groups in total. The zero-order valence-electron chi connectivity index (χ0n) is 12.6. The van der Waals surface area contributed by atoms with Crippen LogP contribution in [0.5, 0.6) is 0 Å². The van der Waals surface area contributed by atoms with Crippen LogP contribution in [0, 0.1) is 6.92 Å². The molecule has 0 aliphatic heterocycles. The van der Waals surface area contributed by atoms with Gasteiger partial charge in [0.1, 0.15) is 0 Å². The van der Waals surface area contributed by atoms with Gasteiger partial charge in [0.05, 0.1) is 5.69 Å². The van der Waals surface area contributed by atoms with Gasteiger partial charge in [-0.2, -0.15) is 0 Å². The summed E-state index contributed by atoms with van der Waals surface area (Å²) in [5.41, 5.74) is 2.43. The average molecular weight is 272 g/mol. The summed E-state index contributed by atoms with van der Waals surface area (Å²) < 4.78 is 2.19. The highest BCUT2D eigenvalue weighted by molar-refractivity contribution is 5.27. The Bertz CT molecular complexity index is 519. The van der Waals surface area contributed by atoms with Crippen molar-refractivity contribution in [1.29, 1.82) is 0 Å². The van der Waals surface area contributed by atoms with Gasteiger partial charge in [0.25, 0.3) is 0 Å². The van der Waals surface area contributed by atoms with Crippen LogP contribution in [-0.2, 0) is 13.1 Å². The molecular weight excluding hydrogens is 248 g/mol. The molecule has 0 fully saturated rings. The fourth-order valence-corrected chi connectivity index (χ4v) is 2.40. The van der Waals surface area contributed by atoms with Crippen molar-refractivity contribution in [3.8, 4) is 0 Å². The normalized spacial score (nSPS) is 11.0. The number of imidazole rings is 1. The van der Waals surface area contributed by atoms with Gasteiger partial charge in [-0.3, -0.25) is 0 Å². The summed E-state index contributed by atoms with van der Waals surface area (Å²) in [5, 5.41) is 3.13. The number of aromatic nitrogens is 2. The van der Waals surface area contributed by atoms with Crippen molar-refractivity contribution in [2.75, 3.05) is 26.0 Å². The molecule has 108 valence electrons. The predicted octanol–water partition coefficient (Wildman–Crippen LogP) is 2.76. The van der Waals surface area contributed by atoms with Crippen molar-refractivity contribution in [3.05, 3.63) is 47.8 Å². The van der Waals surface area contributed by atoms with E-state index in [1.807, 2.05) is 14.0 Å². The number of hydrogen-bond donors (Lipinski definition) is 1. The average Bonchev–Trinajstić information content (AvgIpc) is 2.80. The molecule has 1 aromatic carbocycles. The maximum atomic E-state index is 4.43. The van der Waals surface area contributed by atoms with E-state index in [0.29, 0.717) is 0 Å². The van der Waals surface area contributed by atoms with E-state index >= 15 is 0 Å². The van der Waals surface area contributed by atoms with Crippen molar-refractivity contribution < 1.29 is 0 Å². The number of rotatable bonds is 7. The highest BCUT2D eigenvalue weighted by atomic mass is 15.2. The van der Waals surface area contributed by atoms with Crippen LogP contribution in [0.25, 0.3) is 0 Å². The van der Waals surface area contributed by atoms with Crippen LogP contribution < -0.4 is 5.32 Å². The van der Waals surface area contributed by atoms with E-state index in [0.717, 1.165) is 37.7 Å². The lowest BCUT2D eigenvalue weighted by molar-refractivity contribution is 0.314. The Morgan fingerprint density at radius 1 is 1.25 bits per heavy atom. The molecule has 0 aliphatic rings. The topological polar surface area (TPSA) is 33.1 Å². The highest BCUT2D eigenvalue weighted by Gasteiger charge is 2.04. The van der Waals surface area contributed by atoms with Crippen molar-refractivity contribution in [2.24, 2.45) is 0 Å². The number of nitrogens with one attached hydrogen (secondary N) is 1. The fraction of sp³-hybridized carbons (Fsp3) is 0.438. The largest absolute Gasteiger partial charge is 0.359 e. The smallest absolute Gasteiger partial charge is 0.202 e. The molecule has 4 nitrogen and oxygen atoms in total. The van der Waals surface area contributed by atoms with Crippen LogP contribution in [0.3, 0.4) is 0 Å². The number of nitrogens with zero attached hydrogens (tertiary/aromatic N) is 3. The summed E-state index contributed by atoms with van der Waals surface area (Å²) in [6.07, 6.45) is 3.22. The molecule has 0 spiro atoms. The molecule has 1 heterocycles. The minimum absolute atomic E-state index is 0.952. The molecule has 0 saturated carbocycles. The molecule has 0 atom stereocenters. The maximum absolute atomic E-state index is 4.43. The standard InChI is InChI=1S/C16H24N4/c1-14-12-20(16(17-2)18-14)11-7-10-19(3)13-15-8-5-4-6-9-15/h4-6,8-9,12H,7,10-11,13H2,1-3H3,(H,17,18). The number of hydrogen-bond acceptors (Lipinski definition) is 3. The van der Waals surface area contributed by atoms with Crippen LogP contribution in [0.4, 0.5) is 5.95 Å². The van der Waals surface area contributed by atoms with Gasteiger partial charge in [-0.25, -0.2) is 4.98 Å². The summed E-state index contributed by atoms with van der Waals surface area (Å²) >= 11 is 0. The second-order valence-corrected chi connectivity index (χ2v) is 5.23. The molecule has 0 unspecified atom stereocenters. The Kier molecular flexibility index (Phi) is 5.18. The lowest BCUT2D eigenvalue weighted by atomic mass is 10.2. The molecule has 2 rings (SSSR count). The van der Waals surface area contributed by atoms with Crippen LogP contribution in [0.15, 0.2) is 36.5 Å². The first-order valence-corrected chi connectivity index (χ1v) is 7.13. The van der Waals surface area contributed by atoms with E-state index < -0.39 is 0 Å². The van der Waals surface area contributed by atoms with E-state index in [1.54, 1.807) is 0 Å². The highest BCUT2D eigenvalue weighted by Crippen LogP contribution is 2.09. The fourth-order valence-electron chi connectivity index (χ4n) is 2.40. The molecule has 0 radical (unpaired) electrons. The van der Waals surface area contributed by atoms with Gasteiger partial charge in [0.15, 0.2) is 0 Å². The second-order valence-electron chi connectivity index (χ2n) is 5.23. The zero-order chi connectivity index (χ0) is 14.4. The van der Waals surface area contributed by atoms with Crippen LogP contribution in [-0.4, -0.2) is 35.1 Å². The van der Waals surface area contributed by atoms with Crippen LogP contribution >= 0.6 is 0 Å². The van der Waals surface area contributed by atoms with Gasteiger partial charge >= 0.3 is 0 Å². The Morgan fingerprint density at radius 3 is 2.70 bits per heavy atom. The third-order valence-corrected chi connectivity index (χ3v) is 3.35. The van der Waals surface area contributed by atoms with Crippen LogP contribution in [0.2, 0.25) is 0 Å². The maximum Gasteiger partial charge on any atom is 0.202 e. The first kappa shape index (κ1) is 14.6. The van der Waals surface area contributed by atoms with Crippen LogP contribution in [0.1, 0.15) is 17.7 Å². The van der Waals surface area contributed by atoms with E-state index in [1.165, 1.54) is 5.56 Å². The number of anilines is 1. The summed E-state index contributed by atoms with van der Waals surface area (Å²) in [6.45, 7) is 5.10. The molecule has 0 aliphatic carbocycles. The number of aryl methyl sites for hydroxylation is 2. The SMILES string of the molecule is CNc1nc(C)cn1CCCN(C)Cc1ccccc1. The summed E-state index contributed by atoms with van der Waals surface area (Å²) in [5.74, 6) is 0.952. The Labute approximate surface area is 121 Å². The molecular formula is C16H24N4. The summed E-state index contributed by atoms with van der Waals surface area (Å²) in [6, 6.07) is 10.6. The molecule has 20 heavy (non-hydrogen) atoms. The Morgan fingerprint density at radius 2 is 2.00 bits per heavy atom. The van der Waals surface area contributed by atoms with Gasteiger partial charge in [-0.1, -0.05) is 30.3 Å². The third-order valence-electron chi connectivity index (χ3n) is 3.35. The minimum atomic E-state index is 0.952. The van der Waals surface area contributed by atoms with E-state index in [4.69, 9.17) is 0 Å². The zero-order valence-corrected chi connectivity index (χ0v) is 12.6. The van der Waals surface area contributed by atoms with Gasteiger partial charge in [-0.05, 0) is 32.5 Å². The molecule has 0 saturated heterocycles. The van der Waals surface area contributed by atoms with Crippen molar-refractivity contribution in [2.45, 2.75) is 26.4 Å². The van der Waals surface area contributed by atoms with E-state index in [2.05, 4.69) is 63.3 Å². The van der Waals surface area contributed by atoms with Gasteiger partial charge < -0.3 is 14.8 Å². The third kappa shape index (κ3) is 4.10. The number of benzene rings is 1. The Hall–Kier alpha value is -1.81. The first-order chi connectivity index (χ1) is 9.69. The molecule has 1 aromatic heterocycles. The molecule has 0 amide bonds. The monoisotopic (exact) mass is 272 g/mol. The lowest BCUT2D eigenvalue weighted by Gasteiger charge is -2.17. The predicted molar refractivity (Wildman–Crippen MR) is 83.9 cm³/mol. The lowest BCUT2D eigenvalue weighted by Crippen LogP contribution is -2.20. The molecule has 0 bridgehead atoms. The van der Waals surface area contributed by atoms with E-state index in [-0.39, 0.29) is 0 Å². The van der Waals surface area contributed by atoms with E-state index in [9.17, 15) is 0 Å².